The van der Waals surface area contributed by atoms with E-state index in [0.717, 1.165) is 0 Å². The summed E-state index contributed by atoms with van der Waals surface area (Å²) in [5, 5.41) is -7.74. The fourth-order valence-corrected chi connectivity index (χ4v) is 9.45. The van der Waals surface area contributed by atoms with Crippen LogP contribution < -0.4 is 0 Å². The van der Waals surface area contributed by atoms with Gasteiger partial charge in [-0.25, -0.2) is 3.63 Å². The normalized spacial score (nSPS) is 19.3. The summed E-state index contributed by atoms with van der Waals surface area (Å²) < 4.78 is 259. The molecule has 1 rings (SSSR count). The van der Waals surface area contributed by atoms with Crippen LogP contribution in [0.25, 0.3) is 0 Å². The first kappa shape index (κ1) is 39.8. The first-order valence-corrected chi connectivity index (χ1v) is 15.3. The zero-order valence-corrected chi connectivity index (χ0v) is 23.1. The molecule has 0 aromatic carbocycles. The Morgan fingerprint density at radius 3 is 1.42 bits per heavy atom. The Morgan fingerprint density at radius 2 is 1.02 bits per heavy atom. The van der Waals surface area contributed by atoms with Gasteiger partial charge in [0.1, 0.15) is 5.78 Å². The van der Waals surface area contributed by atoms with Crippen LogP contribution in [0.15, 0.2) is 0 Å². The molecule has 1 saturated heterocycles. The minimum Gasteiger partial charge on any atom is -0.299 e. The highest BCUT2D eigenvalue weighted by atomic mass is 32.3. The average Bonchev–Trinajstić information content (AvgIpc) is 2.82. The van der Waals surface area contributed by atoms with Crippen molar-refractivity contribution in [2.75, 3.05) is 17.3 Å². The molecule has 0 saturated carbocycles. The molecule has 1 aliphatic rings. The maximum absolute atomic E-state index is 14.5. The summed E-state index contributed by atoms with van der Waals surface area (Å²) in [5.41, 5.74) is 0. The Bertz CT molecular complexity index is 1100. The molecule has 4 nitrogen and oxygen atoms in total. The molecule has 1 fully saturated rings. The second-order valence-electron chi connectivity index (χ2n) is 9.56. The Balaban J connectivity index is 3.62. The van der Waals surface area contributed by atoms with Crippen molar-refractivity contribution in [2.45, 2.75) is 98.8 Å². The summed E-state index contributed by atoms with van der Waals surface area (Å²) in [5.74, 6) is -55.2. The van der Waals surface area contributed by atoms with Gasteiger partial charge in [-0.3, -0.25) is 4.79 Å². The smallest absolute Gasteiger partial charge is 0.299 e. The summed E-state index contributed by atoms with van der Waals surface area (Å²) >= 11 is 0. The van der Waals surface area contributed by atoms with E-state index in [1.165, 1.54) is 0 Å². The van der Waals surface area contributed by atoms with Crippen molar-refractivity contribution in [3.8, 4) is 0 Å². The minimum absolute atomic E-state index is 0.113. The van der Waals surface area contributed by atoms with Crippen molar-refractivity contribution in [3.63, 3.8) is 0 Å². The van der Waals surface area contributed by atoms with Crippen LogP contribution in [0.4, 0.5) is 74.6 Å². The molecule has 0 N–H and O–H groups in total. The van der Waals surface area contributed by atoms with Crippen LogP contribution in [0.5, 0.6) is 0 Å². The van der Waals surface area contributed by atoms with Crippen molar-refractivity contribution < 1.29 is 91.5 Å². The number of carbonyl (C=O) groups is 1. The summed E-state index contributed by atoms with van der Waals surface area (Å²) in [6.07, 6.45) is -7.08. The van der Waals surface area contributed by atoms with E-state index in [-0.39, 0.29) is 32.1 Å². The van der Waals surface area contributed by atoms with Gasteiger partial charge in [0.25, 0.3) is 0 Å². The molecule has 0 aromatic rings. The van der Waals surface area contributed by atoms with E-state index in [2.05, 4.69) is 3.63 Å². The van der Waals surface area contributed by atoms with Gasteiger partial charge in [-0.15, -0.1) is 10.3 Å². The topological polar surface area (TPSA) is 60.4 Å². The van der Waals surface area contributed by atoms with Crippen LogP contribution in [0, 0.1) is 0 Å². The number of ketones is 1. The standard InChI is InChI=1S/C20H23F17O4S2/c1-2-3-5-8-12(38)11-42(9-6-4-7-10-42)41-43(39,40)20(36,37)18(31,32)16(27,28)14(23,24)13(21,22)15(25,26)17(29,30)19(33,34)35/h2-11H2,1H3. The lowest BCUT2D eigenvalue weighted by molar-refractivity contribution is -0.458. The zero-order chi connectivity index (χ0) is 34.4. The van der Waals surface area contributed by atoms with Crippen molar-refractivity contribution in [1.29, 1.82) is 0 Å². The average molecular weight is 714 g/mol. The van der Waals surface area contributed by atoms with E-state index in [4.69, 9.17) is 0 Å². The van der Waals surface area contributed by atoms with Crippen LogP contribution >= 0.6 is 10.3 Å². The fourth-order valence-electron chi connectivity index (χ4n) is 3.72. The number of hydrogen-bond acceptors (Lipinski definition) is 4. The summed E-state index contributed by atoms with van der Waals surface area (Å²) in [6, 6.07) is 0. The lowest BCUT2D eigenvalue weighted by Crippen LogP contribution is -2.75. The second-order valence-corrected chi connectivity index (χ2v) is 14.6. The highest BCUT2D eigenvalue weighted by molar-refractivity contribution is 8.33. The van der Waals surface area contributed by atoms with Crippen LogP contribution in [0.2, 0.25) is 0 Å². The van der Waals surface area contributed by atoms with Crippen LogP contribution in [0.3, 0.4) is 0 Å². The van der Waals surface area contributed by atoms with Gasteiger partial charge >= 0.3 is 57.1 Å². The van der Waals surface area contributed by atoms with E-state index in [9.17, 15) is 87.8 Å². The Morgan fingerprint density at radius 1 is 0.628 bits per heavy atom. The van der Waals surface area contributed by atoms with E-state index < -0.39 is 90.4 Å². The van der Waals surface area contributed by atoms with E-state index in [1.54, 1.807) is 6.92 Å². The molecule has 0 atom stereocenters. The van der Waals surface area contributed by atoms with Crippen molar-refractivity contribution >= 4 is 26.2 Å². The first-order valence-electron chi connectivity index (χ1n) is 11.8. The molecule has 1 aliphatic heterocycles. The quantitative estimate of drug-likeness (QED) is 0.127. The molecule has 258 valence electrons. The number of Topliss-reactive ketones (excluding diaryl/α,β-unsaturated/α-hetero) is 1. The third-order valence-electron chi connectivity index (χ3n) is 6.26. The third kappa shape index (κ3) is 6.53. The van der Waals surface area contributed by atoms with Gasteiger partial charge in [0.2, 0.25) is 0 Å². The SMILES string of the molecule is CCCCCC(=O)CS1(OS(=O)(=O)C(F)(F)C(F)(F)C(F)(F)C(F)(F)C(F)(F)C(F)(F)C(F)(F)C(F)(F)F)CCCCC1. The monoisotopic (exact) mass is 714 g/mol. The number of halogens is 17. The molecule has 0 aliphatic carbocycles. The molecule has 0 spiro atoms. The van der Waals surface area contributed by atoms with Gasteiger partial charge in [0.15, 0.2) is 0 Å². The highest BCUT2D eigenvalue weighted by Gasteiger charge is 2.96. The van der Waals surface area contributed by atoms with Gasteiger partial charge < -0.3 is 0 Å². The molecule has 23 heteroatoms. The maximum atomic E-state index is 14.5. The molecule has 0 unspecified atom stereocenters. The Kier molecular flexibility index (Phi) is 11.2. The lowest BCUT2D eigenvalue weighted by Gasteiger charge is -2.44. The molecule has 0 amide bonds. The number of rotatable bonds is 15. The van der Waals surface area contributed by atoms with Crippen LogP contribution in [-0.4, -0.2) is 78.4 Å². The van der Waals surface area contributed by atoms with Gasteiger partial charge in [-0.05, 0) is 19.3 Å². The maximum Gasteiger partial charge on any atom is 0.460 e. The van der Waals surface area contributed by atoms with E-state index in [0.29, 0.717) is 12.8 Å². The highest BCUT2D eigenvalue weighted by Crippen LogP contribution is 2.65. The number of unbranched alkanes of at least 4 members (excludes halogenated alkanes) is 2. The molecule has 0 radical (unpaired) electrons. The van der Waals surface area contributed by atoms with Gasteiger partial charge in [0, 0.05) is 17.9 Å². The summed E-state index contributed by atoms with van der Waals surface area (Å²) in [7, 11) is -11.5. The number of hydrogen-bond donors (Lipinski definition) is 0. The lowest BCUT2D eigenvalue weighted by atomic mass is 9.91. The van der Waals surface area contributed by atoms with Crippen LogP contribution in [0.1, 0.15) is 51.9 Å². The first-order chi connectivity index (χ1) is 18.9. The molecule has 43 heavy (non-hydrogen) atoms. The van der Waals surface area contributed by atoms with Gasteiger partial charge in [0.05, 0.1) is 5.75 Å². The second kappa shape index (κ2) is 12.2. The molecule has 0 bridgehead atoms. The van der Waals surface area contributed by atoms with Crippen molar-refractivity contribution in [3.05, 3.63) is 0 Å². The Labute approximate surface area is 234 Å². The number of carbonyl (C=O) groups excluding carboxylic acids is 1. The molecule has 1 heterocycles. The van der Waals surface area contributed by atoms with E-state index in [1.807, 2.05) is 0 Å². The van der Waals surface area contributed by atoms with E-state index >= 15 is 0 Å². The number of alkyl halides is 17. The zero-order valence-electron chi connectivity index (χ0n) is 21.4. The van der Waals surface area contributed by atoms with Crippen molar-refractivity contribution in [1.82, 2.24) is 0 Å². The predicted molar refractivity (Wildman–Crippen MR) is 116 cm³/mol. The Hall–Kier alpha value is -1.26. The van der Waals surface area contributed by atoms with Gasteiger partial charge in [-0.2, -0.15) is 83.1 Å². The molecular weight excluding hydrogens is 691 g/mol. The molecular formula is C20H23F17O4S2. The third-order valence-corrected chi connectivity index (χ3v) is 11.9. The predicted octanol–water partition coefficient (Wildman–Crippen LogP) is 8.35. The van der Waals surface area contributed by atoms with Crippen molar-refractivity contribution in [2.24, 2.45) is 0 Å². The largest absolute Gasteiger partial charge is 0.460 e. The van der Waals surface area contributed by atoms with Gasteiger partial charge in [-0.1, -0.05) is 26.2 Å². The van der Waals surface area contributed by atoms with Crippen LogP contribution in [-0.2, 0) is 18.5 Å². The summed E-state index contributed by atoms with van der Waals surface area (Å²) in [6.45, 7) is 1.69. The summed E-state index contributed by atoms with van der Waals surface area (Å²) in [4.78, 5) is 12.3. The minimum atomic E-state index is -8.91. The fraction of sp³-hybridized carbons (Fsp3) is 0.950. The molecule has 0 aromatic heterocycles.